The lowest BCUT2D eigenvalue weighted by Crippen LogP contribution is -2.56. The maximum atomic E-state index is 5.11. The average Bonchev–Trinajstić information content (AvgIpc) is 2.86. The zero-order valence-electron chi connectivity index (χ0n) is 20.4. The van der Waals surface area contributed by atoms with E-state index < -0.39 is 0 Å². The van der Waals surface area contributed by atoms with Gasteiger partial charge in [-0.2, -0.15) is 23.5 Å². The Morgan fingerprint density at radius 1 is 0.941 bits per heavy atom. The van der Waals surface area contributed by atoms with Gasteiger partial charge in [-0.25, -0.2) is 4.99 Å². The van der Waals surface area contributed by atoms with E-state index in [4.69, 9.17) is 4.99 Å². The maximum absolute atomic E-state index is 5.11. The van der Waals surface area contributed by atoms with Crippen LogP contribution in [0.2, 0.25) is 0 Å². The molecule has 2 aliphatic heterocycles. The highest BCUT2D eigenvalue weighted by atomic mass is 32.2. The first kappa shape index (κ1) is 23.8. The van der Waals surface area contributed by atoms with Gasteiger partial charge in [-0.3, -0.25) is 0 Å². The number of thioether (sulfide) groups is 2. The van der Waals surface area contributed by atoms with Crippen molar-refractivity contribution in [3.05, 3.63) is 60.2 Å². The van der Waals surface area contributed by atoms with E-state index in [1.54, 1.807) is 0 Å². The molecule has 0 aliphatic carbocycles. The van der Waals surface area contributed by atoms with Crippen LogP contribution in [0.3, 0.4) is 0 Å². The molecule has 3 aromatic rings. The van der Waals surface area contributed by atoms with Crippen molar-refractivity contribution in [2.75, 3.05) is 51.0 Å². The molecule has 0 saturated carbocycles. The third-order valence-electron chi connectivity index (χ3n) is 6.86. The topological polar surface area (TPSA) is 30.9 Å². The Hall–Kier alpha value is -1.89. The van der Waals surface area contributed by atoms with Crippen LogP contribution < -0.4 is 5.32 Å². The lowest BCUT2D eigenvalue weighted by molar-refractivity contribution is 0.305. The summed E-state index contributed by atoms with van der Waals surface area (Å²) < 4.78 is 0. The maximum Gasteiger partial charge on any atom is 0.194 e. The van der Waals surface area contributed by atoms with Crippen LogP contribution in [-0.4, -0.2) is 78.8 Å². The summed E-state index contributed by atoms with van der Waals surface area (Å²) in [6.45, 7) is 3.42. The second-order valence-corrected chi connectivity index (χ2v) is 11.9. The zero-order valence-corrected chi connectivity index (χ0v) is 22.0. The van der Waals surface area contributed by atoms with Gasteiger partial charge in [0.1, 0.15) is 0 Å². The highest BCUT2D eigenvalue weighted by molar-refractivity contribution is 7.99. The molecule has 1 saturated heterocycles. The van der Waals surface area contributed by atoms with Crippen LogP contribution in [0.25, 0.3) is 21.5 Å². The Morgan fingerprint density at radius 3 is 2.38 bits per heavy atom. The predicted molar refractivity (Wildman–Crippen MR) is 152 cm³/mol. The molecular formula is C28H36N4S2. The van der Waals surface area contributed by atoms with Gasteiger partial charge in [-0.05, 0) is 60.1 Å². The number of guanidine groups is 1. The average molecular weight is 493 g/mol. The van der Waals surface area contributed by atoms with Crippen molar-refractivity contribution in [1.82, 2.24) is 15.1 Å². The number of hydrogen-bond donors (Lipinski definition) is 1. The second kappa shape index (κ2) is 11.2. The molecule has 0 bridgehead atoms. The second-order valence-electron chi connectivity index (χ2n) is 9.70. The molecular weight excluding hydrogens is 456 g/mol. The van der Waals surface area contributed by atoms with Gasteiger partial charge < -0.3 is 15.1 Å². The first-order chi connectivity index (χ1) is 16.7. The molecule has 1 fully saturated rings. The molecule has 1 N–H and O–H groups in total. The van der Waals surface area contributed by atoms with Crippen molar-refractivity contribution in [2.45, 2.75) is 30.7 Å². The van der Waals surface area contributed by atoms with E-state index in [2.05, 4.69) is 95.6 Å². The lowest BCUT2D eigenvalue weighted by Gasteiger charge is -2.39. The van der Waals surface area contributed by atoms with Crippen LogP contribution in [0.5, 0.6) is 0 Å². The number of fused-ring (bicyclic) bond motifs is 3. The number of nitrogens with zero attached hydrogens (tertiary/aromatic N) is 3. The van der Waals surface area contributed by atoms with Crippen LogP contribution >= 0.6 is 23.5 Å². The van der Waals surface area contributed by atoms with E-state index in [0.29, 0.717) is 12.1 Å². The van der Waals surface area contributed by atoms with Gasteiger partial charge in [0.2, 0.25) is 0 Å². The number of rotatable bonds is 9. The third kappa shape index (κ3) is 5.67. The van der Waals surface area contributed by atoms with Gasteiger partial charge in [0.25, 0.3) is 0 Å². The summed E-state index contributed by atoms with van der Waals surface area (Å²) >= 11 is 4.10. The van der Waals surface area contributed by atoms with Crippen LogP contribution in [0, 0.1) is 0 Å². The largest absolute Gasteiger partial charge is 0.353 e. The van der Waals surface area contributed by atoms with Crippen LogP contribution in [0.1, 0.15) is 18.4 Å². The van der Waals surface area contributed by atoms with Gasteiger partial charge in [0.15, 0.2) is 5.96 Å². The summed E-state index contributed by atoms with van der Waals surface area (Å²) in [6.07, 6.45) is 2.39. The molecule has 0 aromatic heterocycles. The molecule has 6 heteroatoms. The van der Waals surface area contributed by atoms with E-state index in [-0.39, 0.29) is 0 Å². The Balaban J connectivity index is 1.20. The first-order valence-corrected chi connectivity index (χ1v) is 14.8. The van der Waals surface area contributed by atoms with Crippen LogP contribution in [-0.2, 0) is 5.75 Å². The van der Waals surface area contributed by atoms with E-state index in [1.165, 1.54) is 45.7 Å². The molecule has 34 heavy (non-hydrogen) atoms. The SMILES string of the molecule is CN(C)CCSC[C@H]1CCN2CC[C@H](CSCc3c4ccccc4cc4ccccc34)NC2=N1. The number of aliphatic imine (C=N–C) groups is 1. The molecule has 0 amide bonds. The standard InChI is InChI=1S/C28H36N4S2/c1-31(2)15-16-33-18-23-11-13-32-14-12-24(30-28(32)29-23)19-34-20-27-25-9-5-3-7-21(25)17-22-8-4-6-10-26(22)27/h3-10,17,23-24H,11-16,18-20H2,1-2H3,(H,29,30)/t23-,24-/m1/s1. The summed E-state index contributed by atoms with van der Waals surface area (Å²) in [7, 11) is 4.29. The molecule has 4 nitrogen and oxygen atoms in total. The number of hydrogen-bond acceptors (Lipinski definition) is 6. The summed E-state index contributed by atoms with van der Waals surface area (Å²) in [4.78, 5) is 9.82. The van der Waals surface area contributed by atoms with Crippen LogP contribution in [0.15, 0.2) is 59.6 Å². The number of benzene rings is 3. The number of nitrogens with one attached hydrogen (secondary N) is 1. The quantitative estimate of drug-likeness (QED) is 0.323. The van der Waals surface area contributed by atoms with Gasteiger partial charge in [0.05, 0.1) is 6.04 Å². The van der Waals surface area contributed by atoms with Crippen molar-refractivity contribution in [1.29, 1.82) is 0 Å². The van der Waals surface area contributed by atoms with Gasteiger partial charge in [-0.1, -0.05) is 48.5 Å². The fourth-order valence-electron chi connectivity index (χ4n) is 4.92. The molecule has 5 rings (SSSR count). The Labute approximate surface area is 212 Å². The molecule has 3 aromatic carbocycles. The highest BCUT2D eigenvalue weighted by Gasteiger charge is 2.28. The van der Waals surface area contributed by atoms with Crippen molar-refractivity contribution in [3.8, 4) is 0 Å². The van der Waals surface area contributed by atoms with E-state index in [1.807, 2.05) is 11.8 Å². The zero-order chi connectivity index (χ0) is 23.3. The molecule has 2 atom stereocenters. The van der Waals surface area contributed by atoms with E-state index >= 15 is 0 Å². The fraction of sp³-hybridized carbons (Fsp3) is 0.464. The van der Waals surface area contributed by atoms with Crippen molar-refractivity contribution in [3.63, 3.8) is 0 Å². The van der Waals surface area contributed by atoms with E-state index in [0.717, 1.165) is 42.9 Å². The van der Waals surface area contributed by atoms with Crippen molar-refractivity contribution < 1.29 is 0 Å². The molecule has 2 heterocycles. The Kier molecular flexibility index (Phi) is 7.87. The first-order valence-electron chi connectivity index (χ1n) is 12.5. The molecule has 0 spiro atoms. The minimum Gasteiger partial charge on any atom is -0.353 e. The minimum atomic E-state index is 0.458. The van der Waals surface area contributed by atoms with Gasteiger partial charge in [-0.15, -0.1) is 0 Å². The normalized spacial score (nSPS) is 20.4. The summed E-state index contributed by atoms with van der Waals surface area (Å²) in [5.41, 5.74) is 1.47. The Bertz CT molecular complexity index is 1090. The minimum absolute atomic E-state index is 0.458. The van der Waals surface area contributed by atoms with Gasteiger partial charge >= 0.3 is 0 Å². The van der Waals surface area contributed by atoms with Crippen LogP contribution in [0.4, 0.5) is 0 Å². The van der Waals surface area contributed by atoms with E-state index in [9.17, 15) is 0 Å². The summed E-state index contributed by atoms with van der Waals surface area (Å²) in [5, 5.41) is 9.26. The highest BCUT2D eigenvalue weighted by Crippen LogP contribution is 2.31. The summed E-state index contributed by atoms with van der Waals surface area (Å²) in [5.74, 6) is 5.64. The lowest BCUT2D eigenvalue weighted by atomic mass is 9.98. The molecule has 0 unspecified atom stereocenters. The monoisotopic (exact) mass is 492 g/mol. The third-order valence-corrected chi connectivity index (χ3v) is 9.08. The van der Waals surface area contributed by atoms with Gasteiger partial charge in [0, 0.05) is 48.7 Å². The summed E-state index contributed by atoms with van der Waals surface area (Å²) in [6, 6.07) is 20.9. The Morgan fingerprint density at radius 2 is 1.65 bits per heavy atom. The smallest absolute Gasteiger partial charge is 0.194 e. The van der Waals surface area contributed by atoms with Crippen molar-refractivity contribution in [2.24, 2.45) is 4.99 Å². The predicted octanol–water partition coefficient (Wildman–Crippen LogP) is 5.31. The molecule has 2 aliphatic rings. The molecule has 0 radical (unpaired) electrons. The van der Waals surface area contributed by atoms with Crippen molar-refractivity contribution >= 4 is 51.0 Å². The fourth-order valence-corrected chi connectivity index (χ4v) is 7.26. The molecule has 180 valence electrons.